The van der Waals surface area contributed by atoms with Crippen LogP contribution in [0.5, 0.6) is 0 Å². The zero-order valence-corrected chi connectivity index (χ0v) is 14.8. The van der Waals surface area contributed by atoms with Gasteiger partial charge in [0.05, 0.1) is 11.6 Å². The summed E-state index contributed by atoms with van der Waals surface area (Å²) in [5, 5.41) is 2.77. The van der Waals surface area contributed by atoms with Gasteiger partial charge in [-0.15, -0.1) is 0 Å². The van der Waals surface area contributed by atoms with Crippen molar-refractivity contribution in [2.75, 3.05) is 31.1 Å². The van der Waals surface area contributed by atoms with Crippen LogP contribution in [0.15, 0.2) is 42.7 Å². The zero-order chi connectivity index (χ0) is 19.4. The largest absolute Gasteiger partial charge is 0.416 e. The molecule has 1 aliphatic heterocycles. The predicted molar refractivity (Wildman–Crippen MR) is 94.2 cm³/mol. The maximum absolute atomic E-state index is 12.9. The molecule has 0 saturated carbocycles. The number of rotatable bonds is 3. The number of benzene rings is 1. The molecule has 1 N–H and O–H groups in total. The molecule has 1 unspecified atom stereocenters. The highest BCUT2D eigenvalue weighted by atomic mass is 19.4. The number of urea groups is 1. The first kappa shape index (κ1) is 18.9. The van der Waals surface area contributed by atoms with Crippen LogP contribution in [0.3, 0.4) is 0 Å². The Hall–Kier alpha value is -2.84. The second-order valence-electron chi connectivity index (χ2n) is 6.32. The van der Waals surface area contributed by atoms with Crippen molar-refractivity contribution in [1.29, 1.82) is 0 Å². The van der Waals surface area contributed by atoms with E-state index in [0.717, 1.165) is 12.1 Å². The minimum Gasteiger partial charge on any atom is -0.337 e. The first-order valence-corrected chi connectivity index (χ1v) is 8.59. The molecule has 1 aromatic heterocycles. The molecule has 0 spiro atoms. The molecular weight excluding hydrogens is 359 g/mol. The minimum absolute atomic E-state index is 0.298. The topological polar surface area (TPSA) is 61.4 Å². The van der Waals surface area contributed by atoms with Crippen LogP contribution >= 0.6 is 0 Å². The average Bonchev–Trinajstić information content (AvgIpc) is 2.68. The van der Waals surface area contributed by atoms with Gasteiger partial charge in [-0.1, -0.05) is 12.1 Å². The SMILES string of the molecule is CC(NC(=O)N1CCN(c2ncccn2)CC1)c1cccc(C(F)(F)F)c1. The molecule has 2 heterocycles. The zero-order valence-electron chi connectivity index (χ0n) is 14.8. The third kappa shape index (κ3) is 4.66. The van der Waals surface area contributed by atoms with Crippen molar-refractivity contribution in [3.63, 3.8) is 0 Å². The first-order chi connectivity index (χ1) is 12.8. The second-order valence-corrected chi connectivity index (χ2v) is 6.32. The van der Waals surface area contributed by atoms with Crippen molar-refractivity contribution in [1.82, 2.24) is 20.2 Å². The van der Waals surface area contributed by atoms with E-state index in [2.05, 4.69) is 15.3 Å². The van der Waals surface area contributed by atoms with Gasteiger partial charge in [0, 0.05) is 38.6 Å². The van der Waals surface area contributed by atoms with Gasteiger partial charge >= 0.3 is 12.2 Å². The average molecular weight is 379 g/mol. The monoisotopic (exact) mass is 379 g/mol. The highest BCUT2D eigenvalue weighted by Crippen LogP contribution is 2.30. The Labute approximate surface area is 155 Å². The molecule has 0 aliphatic carbocycles. The van der Waals surface area contributed by atoms with E-state index >= 15 is 0 Å². The lowest BCUT2D eigenvalue weighted by Crippen LogP contribution is -2.52. The molecular formula is C18H20F3N5O. The molecule has 2 aromatic rings. The van der Waals surface area contributed by atoms with Gasteiger partial charge in [0.2, 0.25) is 5.95 Å². The summed E-state index contributed by atoms with van der Waals surface area (Å²) in [5.41, 5.74) is -0.313. The van der Waals surface area contributed by atoms with E-state index in [-0.39, 0.29) is 6.03 Å². The summed E-state index contributed by atoms with van der Waals surface area (Å²) in [6.45, 7) is 3.82. The minimum atomic E-state index is -4.41. The number of alkyl halides is 3. The number of hydrogen-bond acceptors (Lipinski definition) is 4. The fourth-order valence-corrected chi connectivity index (χ4v) is 2.91. The molecule has 1 aliphatic rings. The van der Waals surface area contributed by atoms with Crippen molar-refractivity contribution in [2.24, 2.45) is 0 Å². The van der Waals surface area contributed by atoms with Crippen LogP contribution in [-0.4, -0.2) is 47.1 Å². The van der Waals surface area contributed by atoms with Gasteiger partial charge in [0.15, 0.2) is 0 Å². The molecule has 2 amide bonds. The molecule has 1 aromatic carbocycles. The van der Waals surface area contributed by atoms with Crippen molar-refractivity contribution in [2.45, 2.75) is 19.1 Å². The van der Waals surface area contributed by atoms with Crippen LogP contribution in [-0.2, 0) is 6.18 Å². The van der Waals surface area contributed by atoms with Gasteiger partial charge < -0.3 is 15.1 Å². The molecule has 0 bridgehead atoms. The summed E-state index contributed by atoms with van der Waals surface area (Å²) in [7, 11) is 0. The molecule has 3 rings (SSSR count). The Morgan fingerprint density at radius 3 is 2.41 bits per heavy atom. The number of halogens is 3. The van der Waals surface area contributed by atoms with Gasteiger partial charge in [-0.25, -0.2) is 14.8 Å². The normalized spacial score (nSPS) is 16.1. The van der Waals surface area contributed by atoms with Crippen LogP contribution in [0, 0.1) is 0 Å². The summed E-state index contributed by atoms with van der Waals surface area (Å²) in [6.07, 6.45) is -1.08. The quantitative estimate of drug-likeness (QED) is 0.890. The van der Waals surface area contributed by atoms with E-state index in [9.17, 15) is 18.0 Å². The molecule has 6 nitrogen and oxygen atoms in total. The fraction of sp³-hybridized carbons (Fsp3) is 0.389. The van der Waals surface area contributed by atoms with Crippen molar-refractivity contribution >= 4 is 12.0 Å². The number of nitrogens with zero attached hydrogens (tertiary/aromatic N) is 4. The predicted octanol–water partition coefficient (Wildman–Crippen LogP) is 3.09. The highest BCUT2D eigenvalue weighted by Gasteiger charge is 2.31. The molecule has 9 heteroatoms. The molecule has 144 valence electrons. The molecule has 0 radical (unpaired) electrons. The van der Waals surface area contributed by atoms with Gasteiger partial charge in [-0.2, -0.15) is 13.2 Å². The Kier molecular flexibility index (Phi) is 5.48. The number of hydrogen-bond donors (Lipinski definition) is 1. The number of carbonyl (C=O) groups is 1. The van der Waals surface area contributed by atoms with Crippen molar-refractivity contribution in [3.8, 4) is 0 Å². The molecule has 1 saturated heterocycles. The van der Waals surface area contributed by atoms with Crippen LogP contribution in [0.2, 0.25) is 0 Å². The van der Waals surface area contributed by atoms with E-state index in [1.807, 2.05) is 4.90 Å². The van der Waals surface area contributed by atoms with Crippen LogP contribution < -0.4 is 10.2 Å². The summed E-state index contributed by atoms with van der Waals surface area (Å²) in [6, 6.07) is 5.91. The third-order valence-electron chi connectivity index (χ3n) is 4.46. The van der Waals surface area contributed by atoms with E-state index in [0.29, 0.717) is 37.7 Å². The summed E-state index contributed by atoms with van der Waals surface area (Å²) in [5.74, 6) is 0.620. The van der Waals surface area contributed by atoms with Gasteiger partial charge in [-0.3, -0.25) is 0 Å². The molecule has 1 fully saturated rings. The first-order valence-electron chi connectivity index (χ1n) is 8.59. The maximum Gasteiger partial charge on any atom is 0.416 e. The summed E-state index contributed by atoms with van der Waals surface area (Å²) < 4.78 is 38.6. The van der Waals surface area contributed by atoms with Gasteiger partial charge in [0.25, 0.3) is 0 Å². The van der Waals surface area contributed by atoms with Crippen molar-refractivity contribution in [3.05, 3.63) is 53.9 Å². The lowest BCUT2D eigenvalue weighted by atomic mass is 10.1. The number of amides is 2. The number of carbonyl (C=O) groups excluding carboxylic acids is 1. The van der Waals surface area contributed by atoms with Gasteiger partial charge in [0.1, 0.15) is 0 Å². The lowest BCUT2D eigenvalue weighted by molar-refractivity contribution is -0.137. The van der Waals surface area contributed by atoms with E-state index in [1.165, 1.54) is 6.07 Å². The molecule has 27 heavy (non-hydrogen) atoms. The number of anilines is 1. The number of aromatic nitrogens is 2. The lowest BCUT2D eigenvalue weighted by Gasteiger charge is -2.35. The standard InChI is InChI=1S/C18H20F3N5O/c1-13(14-4-2-5-15(12-14)18(19,20)21)24-17(27)26-10-8-25(9-11-26)16-22-6-3-7-23-16/h2-7,12-13H,8-11H2,1H3,(H,24,27). The number of piperazine rings is 1. The Morgan fingerprint density at radius 2 is 1.78 bits per heavy atom. The Morgan fingerprint density at radius 1 is 1.11 bits per heavy atom. The highest BCUT2D eigenvalue weighted by molar-refractivity contribution is 5.75. The Balaban J connectivity index is 1.57. The second kappa shape index (κ2) is 7.81. The van der Waals surface area contributed by atoms with Crippen molar-refractivity contribution < 1.29 is 18.0 Å². The van der Waals surface area contributed by atoms with E-state index < -0.39 is 17.8 Å². The summed E-state index contributed by atoms with van der Waals surface area (Å²) >= 11 is 0. The fourth-order valence-electron chi connectivity index (χ4n) is 2.91. The van der Waals surface area contributed by atoms with E-state index in [4.69, 9.17) is 0 Å². The van der Waals surface area contributed by atoms with Crippen LogP contribution in [0.25, 0.3) is 0 Å². The maximum atomic E-state index is 12.9. The number of nitrogens with one attached hydrogen (secondary N) is 1. The van der Waals surface area contributed by atoms with Crippen LogP contribution in [0.4, 0.5) is 23.9 Å². The summed E-state index contributed by atoms with van der Waals surface area (Å²) in [4.78, 5) is 24.5. The smallest absolute Gasteiger partial charge is 0.337 e. The van der Waals surface area contributed by atoms with E-state index in [1.54, 1.807) is 36.4 Å². The van der Waals surface area contributed by atoms with Gasteiger partial charge in [-0.05, 0) is 30.7 Å². The Bertz CT molecular complexity index is 776. The van der Waals surface area contributed by atoms with Crippen LogP contribution in [0.1, 0.15) is 24.1 Å². The molecule has 1 atom stereocenters. The third-order valence-corrected chi connectivity index (χ3v) is 4.46.